The molecule has 0 saturated heterocycles. The monoisotopic (exact) mass is 241 g/mol. The fourth-order valence-corrected chi connectivity index (χ4v) is 1.17. The number of nitrogens with two attached hydrogens (primary N) is 1. The van der Waals surface area contributed by atoms with Crippen LogP contribution in [-0.4, -0.2) is 36.4 Å². The van der Waals surface area contributed by atoms with Crippen LogP contribution >= 0.6 is 0 Å². The highest BCUT2D eigenvalue weighted by atomic mass is 16.5. The summed E-state index contributed by atoms with van der Waals surface area (Å²) in [5.41, 5.74) is 6.17. The Bertz CT molecular complexity index is 345. The zero-order chi connectivity index (χ0) is 12.7. The summed E-state index contributed by atoms with van der Waals surface area (Å²) in [7, 11) is 1.65. The highest BCUT2D eigenvalue weighted by molar-refractivity contribution is 5.55. The third-order valence-corrected chi connectivity index (χ3v) is 1.89. The van der Waals surface area contributed by atoms with Crippen molar-refractivity contribution in [2.24, 2.45) is 0 Å². The summed E-state index contributed by atoms with van der Waals surface area (Å²) >= 11 is 0. The second-order valence-electron chi connectivity index (χ2n) is 3.76. The lowest BCUT2D eigenvalue weighted by atomic mass is 10.4. The zero-order valence-electron chi connectivity index (χ0n) is 10.5. The maximum Gasteiger partial charge on any atom is 0.244 e. The molecule has 17 heavy (non-hydrogen) atoms. The standard InChI is InChI=1S/C11H19N3O3/c1-8(2)17-11-9(12)10(13-7-14-11)16-6-4-5-15-3/h7-8H,4-6,12H2,1-3H3. The summed E-state index contributed by atoms with van der Waals surface area (Å²) in [5, 5.41) is 0. The Kier molecular flexibility index (Phi) is 5.48. The van der Waals surface area contributed by atoms with Gasteiger partial charge in [0.25, 0.3) is 0 Å². The van der Waals surface area contributed by atoms with E-state index in [1.807, 2.05) is 13.8 Å². The van der Waals surface area contributed by atoms with E-state index in [-0.39, 0.29) is 6.10 Å². The lowest BCUT2D eigenvalue weighted by Crippen LogP contribution is -2.11. The van der Waals surface area contributed by atoms with Gasteiger partial charge in [-0.1, -0.05) is 0 Å². The van der Waals surface area contributed by atoms with Crippen molar-refractivity contribution in [1.29, 1.82) is 0 Å². The molecule has 0 aliphatic heterocycles. The Labute approximate surface area is 101 Å². The number of methoxy groups -OCH3 is 1. The number of rotatable bonds is 7. The van der Waals surface area contributed by atoms with Gasteiger partial charge in [-0.05, 0) is 13.8 Å². The highest BCUT2D eigenvalue weighted by Gasteiger charge is 2.11. The van der Waals surface area contributed by atoms with Crippen molar-refractivity contribution in [3.8, 4) is 11.8 Å². The van der Waals surface area contributed by atoms with Crippen molar-refractivity contribution in [3.63, 3.8) is 0 Å². The van der Waals surface area contributed by atoms with Crippen LogP contribution in [0.1, 0.15) is 20.3 Å². The first-order valence-corrected chi connectivity index (χ1v) is 5.54. The first-order chi connectivity index (χ1) is 8.15. The highest BCUT2D eigenvalue weighted by Crippen LogP contribution is 2.27. The van der Waals surface area contributed by atoms with E-state index in [4.69, 9.17) is 19.9 Å². The summed E-state index contributed by atoms with van der Waals surface area (Å²) in [6.07, 6.45) is 2.16. The molecule has 1 aromatic heterocycles. The van der Waals surface area contributed by atoms with Crippen LogP contribution in [0.3, 0.4) is 0 Å². The van der Waals surface area contributed by atoms with Crippen molar-refractivity contribution in [2.75, 3.05) is 26.1 Å². The van der Waals surface area contributed by atoms with Crippen LogP contribution in [-0.2, 0) is 4.74 Å². The predicted molar refractivity (Wildman–Crippen MR) is 64.2 cm³/mol. The minimum atomic E-state index is 0.00791. The molecule has 0 aliphatic rings. The van der Waals surface area contributed by atoms with Crippen molar-refractivity contribution >= 4 is 5.69 Å². The van der Waals surface area contributed by atoms with Gasteiger partial charge in [-0.2, -0.15) is 9.97 Å². The third-order valence-electron chi connectivity index (χ3n) is 1.89. The number of anilines is 1. The molecule has 0 radical (unpaired) electrons. The molecule has 2 N–H and O–H groups in total. The Morgan fingerprint density at radius 2 is 1.94 bits per heavy atom. The SMILES string of the molecule is COCCCOc1ncnc(OC(C)C)c1N. The van der Waals surface area contributed by atoms with E-state index in [1.165, 1.54) is 6.33 Å². The van der Waals surface area contributed by atoms with E-state index < -0.39 is 0 Å². The molecule has 1 aromatic rings. The molecule has 6 nitrogen and oxygen atoms in total. The molecule has 0 atom stereocenters. The molecular weight excluding hydrogens is 222 g/mol. The molecule has 0 aliphatic carbocycles. The van der Waals surface area contributed by atoms with Gasteiger partial charge in [-0.15, -0.1) is 0 Å². The van der Waals surface area contributed by atoms with Gasteiger partial charge in [-0.25, -0.2) is 0 Å². The van der Waals surface area contributed by atoms with Crippen molar-refractivity contribution in [3.05, 3.63) is 6.33 Å². The molecule has 0 bridgehead atoms. The van der Waals surface area contributed by atoms with Crippen LogP contribution in [0.15, 0.2) is 6.33 Å². The molecule has 0 aromatic carbocycles. The van der Waals surface area contributed by atoms with Crippen molar-refractivity contribution in [2.45, 2.75) is 26.4 Å². The van der Waals surface area contributed by atoms with Gasteiger partial charge in [0.05, 0.1) is 12.7 Å². The van der Waals surface area contributed by atoms with E-state index in [0.717, 1.165) is 6.42 Å². The second-order valence-corrected chi connectivity index (χ2v) is 3.76. The minimum Gasteiger partial charge on any atom is -0.476 e. The Hall–Kier alpha value is -1.56. The van der Waals surface area contributed by atoms with Gasteiger partial charge in [0.2, 0.25) is 11.8 Å². The van der Waals surface area contributed by atoms with Crippen LogP contribution in [0.25, 0.3) is 0 Å². The average Bonchev–Trinajstić information content (AvgIpc) is 2.28. The van der Waals surface area contributed by atoms with E-state index in [9.17, 15) is 0 Å². The fraction of sp³-hybridized carbons (Fsp3) is 0.636. The largest absolute Gasteiger partial charge is 0.476 e. The Balaban J connectivity index is 2.59. The lowest BCUT2D eigenvalue weighted by Gasteiger charge is -2.12. The van der Waals surface area contributed by atoms with E-state index in [1.54, 1.807) is 7.11 Å². The number of ether oxygens (including phenoxy) is 3. The van der Waals surface area contributed by atoms with Crippen LogP contribution in [0, 0.1) is 0 Å². The van der Waals surface area contributed by atoms with E-state index in [0.29, 0.717) is 30.7 Å². The average molecular weight is 241 g/mol. The van der Waals surface area contributed by atoms with Gasteiger partial charge < -0.3 is 19.9 Å². The van der Waals surface area contributed by atoms with E-state index >= 15 is 0 Å². The van der Waals surface area contributed by atoms with Crippen LogP contribution in [0.2, 0.25) is 0 Å². The summed E-state index contributed by atoms with van der Waals surface area (Å²) in [6.45, 7) is 4.94. The van der Waals surface area contributed by atoms with Crippen LogP contribution < -0.4 is 15.2 Å². The van der Waals surface area contributed by atoms with Gasteiger partial charge in [0, 0.05) is 20.1 Å². The summed E-state index contributed by atoms with van der Waals surface area (Å²) in [4.78, 5) is 7.93. The predicted octanol–water partition coefficient (Wildman–Crippen LogP) is 1.26. The van der Waals surface area contributed by atoms with Crippen molar-refractivity contribution < 1.29 is 14.2 Å². The summed E-state index contributed by atoms with van der Waals surface area (Å²) < 4.78 is 15.8. The van der Waals surface area contributed by atoms with Crippen molar-refractivity contribution in [1.82, 2.24) is 9.97 Å². The molecule has 0 unspecified atom stereocenters. The number of nitrogen functional groups attached to an aromatic ring is 1. The first kappa shape index (κ1) is 13.5. The van der Waals surface area contributed by atoms with Gasteiger partial charge in [0.1, 0.15) is 6.33 Å². The molecule has 0 spiro atoms. The molecule has 0 fully saturated rings. The number of nitrogens with zero attached hydrogens (tertiary/aromatic N) is 2. The van der Waals surface area contributed by atoms with Crippen LogP contribution in [0.5, 0.6) is 11.8 Å². The maximum atomic E-state index is 5.84. The second kappa shape index (κ2) is 6.90. The van der Waals surface area contributed by atoms with Crippen LogP contribution in [0.4, 0.5) is 5.69 Å². The molecule has 1 heterocycles. The van der Waals surface area contributed by atoms with Gasteiger partial charge >= 0.3 is 0 Å². The van der Waals surface area contributed by atoms with Gasteiger partial charge in [-0.3, -0.25) is 0 Å². The zero-order valence-corrected chi connectivity index (χ0v) is 10.5. The first-order valence-electron chi connectivity index (χ1n) is 5.54. The quantitative estimate of drug-likeness (QED) is 0.724. The molecule has 0 saturated carbocycles. The number of hydrogen-bond acceptors (Lipinski definition) is 6. The minimum absolute atomic E-state index is 0.00791. The molecule has 96 valence electrons. The maximum absolute atomic E-state index is 5.84. The molecular formula is C11H19N3O3. The van der Waals surface area contributed by atoms with Gasteiger partial charge in [0.15, 0.2) is 5.69 Å². The normalized spacial score (nSPS) is 10.6. The number of hydrogen-bond donors (Lipinski definition) is 1. The fourth-order valence-electron chi connectivity index (χ4n) is 1.17. The smallest absolute Gasteiger partial charge is 0.244 e. The summed E-state index contributed by atoms with van der Waals surface area (Å²) in [5.74, 6) is 0.712. The molecule has 6 heteroatoms. The molecule has 1 rings (SSSR count). The molecule has 0 amide bonds. The number of aromatic nitrogens is 2. The Morgan fingerprint density at radius 1 is 1.24 bits per heavy atom. The topological polar surface area (TPSA) is 79.5 Å². The summed E-state index contributed by atoms with van der Waals surface area (Å²) in [6, 6.07) is 0. The Morgan fingerprint density at radius 3 is 2.59 bits per heavy atom. The third kappa shape index (κ3) is 4.44. The van der Waals surface area contributed by atoms with E-state index in [2.05, 4.69) is 9.97 Å². The lowest BCUT2D eigenvalue weighted by molar-refractivity contribution is 0.170.